The number of piperidine rings is 1. The van der Waals surface area contributed by atoms with Gasteiger partial charge in [-0.15, -0.1) is 0 Å². The maximum Gasteiger partial charge on any atom is 0.253 e. The Morgan fingerprint density at radius 1 is 1.17 bits per heavy atom. The van der Waals surface area contributed by atoms with Crippen LogP contribution < -0.4 is 5.32 Å². The van der Waals surface area contributed by atoms with Gasteiger partial charge in [0.1, 0.15) is 0 Å². The molecule has 1 aliphatic rings. The Bertz CT molecular complexity index is 826. The zero-order chi connectivity index (χ0) is 21.3. The fourth-order valence-electron chi connectivity index (χ4n) is 3.66. The van der Waals surface area contributed by atoms with Crippen LogP contribution in [0.2, 0.25) is 5.02 Å². The van der Waals surface area contributed by atoms with Crippen molar-refractivity contribution in [1.29, 1.82) is 0 Å². The van der Waals surface area contributed by atoms with Crippen molar-refractivity contribution in [3.63, 3.8) is 0 Å². The van der Waals surface area contributed by atoms with Gasteiger partial charge < -0.3 is 15.0 Å². The van der Waals surface area contributed by atoms with Gasteiger partial charge in [0.2, 0.25) is 5.91 Å². The molecule has 0 aromatic heterocycles. The van der Waals surface area contributed by atoms with E-state index in [9.17, 15) is 9.59 Å². The zero-order valence-electron chi connectivity index (χ0n) is 17.4. The molecule has 1 N–H and O–H groups in total. The first-order valence-corrected chi connectivity index (χ1v) is 10.9. The molecule has 1 fully saturated rings. The molecule has 2 unspecified atom stereocenters. The Morgan fingerprint density at radius 3 is 2.63 bits per heavy atom. The van der Waals surface area contributed by atoms with Gasteiger partial charge >= 0.3 is 0 Å². The zero-order valence-corrected chi connectivity index (χ0v) is 18.1. The van der Waals surface area contributed by atoms with Gasteiger partial charge in [0.15, 0.2) is 0 Å². The average molecular weight is 429 g/mol. The number of likely N-dealkylation sites (tertiary alicyclic amines) is 1. The van der Waals surface area contributed by atoms with E-state index < -0.39 is 0 Å². The number of hydrogen-bond acceptors (Lipinski definition) is 3. The first kappa shape index (κ1) is 22.3. The molecule has 1 aliphatic heterocycles. The Kier molecular flexibility index (Phi) is 8.29. The van der Waals surface area contributed by atoms with Crippen molar-refractivity contribution >= 4 is 23.4 Å². The Balaban J connectivity index is 1.38. The van der Waals surface area contributed by atoms with Crippen LogP contribution in [0.5, 0.6) is 0 Å². The predicted molar refractivity (Wildman–Crippen MR) is 119 cm³/mol. The second-order valence-corrected chi connectivity index (χ2v) is 8.10. The number of rotatable bonds is 8. The number of hydrogen-bond donors (Lipinski definition) is 1. The summed E-state index contributed by atoms with van der Waals surface area (Å²) in [4.78, 5) is 27.0. The van der Waals surface area contributed by atoms with Gasteiger partial charge in [-0.2, -0.15) is 0 Å². The highest BCUT2D eigenvalue weighted by molar-refractivity contribution is 6.30. The molecule has 160 valence electrons. The minimum absolute atomic E-state index is 0.0136. The van der Waals surface area contributed by atoms with Gasteiger partial charge in [-0.1, -0.05) is 41.9 Å². The van der Waals surface area contributed by atoms with E-state index in [0.717, 1.165) is 24.8 Å². The molecule has 30 heavy (non-hydrogen) atoms. The molecule has 0 saturated carbocycles. The smallest absolute Gasteiger partial charge is 0.253 e. The number of nitrogens with one attached hydrogen (secondary N) is 1. The summed E-state index contributed by atoms with van der Waals surface area (Å²) in [6.45, 7) is 4.32. The van der Waals surface area contributed by atoms with Gasteiger partial charge in [-0.05, 0) is 56.0 Å². The number of ether oxygens (including phenoxy) is 1. The SMILES string of the molecule is CC(OCCCNC(=O)C1CCCN(C(=O)c2ccc(Cl)cc2)C1)c1ccccc1. The molecule has 2 aromatic carbocycles. The summed E-state index contributed by atoms with van der Waals surface area (Å²) in [7, 11) is 0. The Labute approximate surface area is 183 Å². The average Bonchev–Trinajstić information content (AvgIpc) is 2.79. The van der Waals surface area contributed by atoms with Crippen molar-refractivity contribution in [2.24, 2.45) is 5.92 Å². The second kappa shape index (κ2) is 11.1. The lowest BCUT2D eigenvalue weighted by Crippen LogP contribution is -2.45. The minimum Gasteiger partial charge on any atom is -0.374 e. The summed E-state index contributed by atoms with van der Waals surface area (Å²) in [5.41, 5.74) is 1.75. The lowest BCUT2D eigenvalue weighted by atomic mass is 9.96. The summed E-state index contributed by atoms with van der Waals surface area (Å²) in [5, 5.41) is 3.60. The van der Waals surface area contributed by atoms with Crippen molar-refractivity contribution in [1.82, 2.24) is 10.2 Å². The molecular formula is C24H29ClN2O3. The highest BCUT2D eigenvalue weighted by Crippen LogP contribution is 2.20. The van der Waals surface area contributed by atoms with Crippen LogP contribution in [0.25, 0.3) is 0 Å². The van der Waals surface area contributed by atoms with Crippen molar-refractivity contribution in [2.45, 2.75) is 32.3 Å². The summed E-state index contributed by atoms with van der Waals surface area (Å²) in [5.74, 6) is -0.202. The van der Waals surface area contributed by atoms with Crippen LogP contribution in [0.1, 0.15) is 48.2 Å². The van der Waals surface area contributed by atoms with Crippen LogP contribution in [0.15, 0.2) is 54.6 Å². The molecule has 1 heterocycles. The molecule has 5 nitrogen and oxygen atoms in total. The molecule has 1 saturated heterocycles. The van der Waals surface area contributed by atoms with Gasteiger partial charge in [-0.25, -0.2) is 0 Å². The standard InChI is InChI=1S/C24H29ClN2O3/c1-18(19-7-3-2-4-8-19)30-16-6-14-26-23(28)21-9-5-15-27(17-21)24(29)20-10-12-22(25)13-11-20/h2-4,7-8,10-13,18,21H,5-6,9,14-17H2,1H3,(H,26,28). The monoisotopic (exact) mass is 428 g/mol. The number of halogens is 1. The third-order valence-corrected chi connectivity index (χ3v) is 5.68. The van der Waals surface area contributed by atoms with E-state index in [1.54, 1.807) is 29.2 Å². The summed E-state index contributed by atoms with van der Waals surface area (Å²) in [6.07, 6.45) is 2.42. The predicted octanol–water partition coefficient (Wildman–Crippen LogP) is 4.48. The molecule has 2 aromatic rings. The maximum absolute atomic E-state index is 12.7. The largest absolute Gasteiger partial charge is 0.374 e. The normalized spacial score (nSPS) is 17.4. The van der Waals surface area contributed by atoms with Gasteiger partial charge in [0, 0.05) is 36.8 Å². The lowest BCUT2D eigenvalue weighted by molar-refractivity contribution is -0.126. The quantitative estimate of drug-likeness (QED) is 0.631. The van der Waals surface area contributed by atoms with E-state index in [-0.39, 0.29) is 23.8 Å². The van der Waals surface area contributed by atoms with Crippen LogP contribution in [0.3, 0.4) is 0 Å². The molecular weight excluding hydrogens is 400 g/mol. The highest BCUT2D eigenvalue weighted by Gasteiger charge is 2.28. The van der Waals surface area contributed by atoms with E-state index in [1.807, 2.05) is 37.3 Å². The fourth-order valence-corrected chi connectivity index (χ4v) is 3.79. The molecule has 0 aliphatic carbocycles. The maximum atomic E-state index is 12.7. The first-order valence-electron chi connectivity index (χ1n) is 10.5. The Hall–Kier alpha value is -2.37. The number of nitrogens with zero attached hydrogens (tertiary/aromatic N) is 1. The van der Waals surface area contributed by atoms with Gasteiger partial charge in [-0.3, -0.25) is 9.59 Å². The second-order valence-electron chi connectivity index (χ2n) is 7.67. The number of amides is 2. The van der Waals surface area contributed by atoms with Crippen LogP contribution in [-0.2, 0) is 9.53 Å². The molecule has 0 radical (unpaired) electrons. The molecule has 0 bridgehead atoms. The highest BCUT2D eigenvalue weighted by atomic mass is 35.5. The van der Waals surface area contributed by atoms with Crippen molar-refractivity contribution in [3.8, 4) is 0 Å². The molecule has 6 heteroatoms. The van der Waals surface area contributed by atoms with Crippen molar-refractivity contribution < 1.29 is 14.3 Å². The topological polar surface area (TPSA) is 58.6 Å². The number of carbonyl (C=O) groups excluding carboxylic acids is 2. The molecule has 2 atom stereocenters. The van der Waals surface area contributed by atoms with E-state index >= 15 is 0 Å². The van der Waals surface area contributed by atoms with Gasteiger partial charge in [0.05, 0.1) is 12.0 Å². The van der Waals surface area contributed by atoms with E-state index in [2.05, 4.69) is 5.32 Å². The Morgan fingerprint density at radius 2 is 1.90 bits per heavy atom. The third-order valence-electron chi connectivity index (χ3n) is 5.43. The molecule has 0 spiro atoms. The van der Waals surface area contributed by atoms with Crippen molar-refractivity contribution in [2.75, 3.05) is 26.2 Å². The van der Waals surface area contributed by atoms with Gasteiger partial charge in [0.25, 0.3) is 5.91 Å². The number of benzene rings is 2. The number of carbonyl (C=O) groups is 2. The van der Waals surface area contributed by atoms with E-state index in [4.69, 9.17) is 16.3 Å². The fraction of sp³-hybridized carbons (Fsp3) is 0.417. The third kappa shape index (κ3) is 6.31. The molecule has 2 amide bonds. The first-order chi connectivity index (χ1) is 14.5. The van der Waals surface area contributed by atoms with Crippen LogP contribution in [-0.4, -0.2) is 43.0 Å². The summed E-state index contributed by atoms with van der Waals surface area (Å²) in [6, 6.07) is 17.0. The van der Waals surface area contributed by atoms with E-state index in [1.165, 1.54) is 0 Å². The minimum atomic E-state index is -0.167. The van der Waals surface area contributed by atoms with Crippen molar-refractivity contribution in [3.05, 3.63) is 70.7 Å². The van der Waals surface area contributed by atoms with E-state index in [0.29, 0.717) is 36.8 Å². The van der Waals surface area contributed by atoms with Crippen LogP contribution in [0, 0.1) is 5.92 Å². The molecule has 3 rings (SSSR count). The lowest BCUT2D eigenvalue weighted by Gasteiger charge is -2.32. The summed E-state index contributed by atoms with van der Waals surface area (Å²) < 4.78 is 5.85. The summed E-state index contributed by atoms with van der Waals surface area (Å²) >= 11 is 5.90. The van der Waals surface area contributed by atoms with Crippen LogP contribution >= 0.6 is 11.6 Å². The van der Waals surface area contributed by atoms with Crippen LogP contribution in [0.4, 0.5) is 0 Å².